The molecular formula is C23H21N3O2S. The Morgan fingerprint density at radius 1 is 1.14 bits per heavy atom. The second-order valence-electron chi connectivity index (χ2n) is 7.38. The molecule has 0 spiro atoms. The first-order chi connectivity index (χ1) is 14.2. The molecule has 0 bridgehead atoms. The Kier molecular flexibility index (Phi) is 4.73. The summed E-state index contributed by atoms with van der Waals surface area (Å²) in [4.78, 5) is 23.2. The Bertz CT molecular complexity index is 1100. The molecule has 5 rings (SSSR count). The van der Waals surface area contributed by atoms with Gasteiger partial charge < -0.3 is 10.1 Å². The Labute approximate surface area is 173 Å². The first kappa shape index (κ1) is 18.2. The Morgan fingerprint density at radius 2 is 2.00 bits per heavy atom. The SMILES string of the molecule is Cc1ncsc1C1=C(c2cccnc2)C(=O)c2cc(NC3CCOCC3)ccc21. The Morgan fingerprint density at radius 3 is 2.72 bits per heavy atom. The lowest BCUT2D eigenvalue weighted by molar-refractivity contribution is 0.0904. The van der Waals surface area contributed by atoms with Gasteiger partial charge in [-0.1, -0.05) is 12.1 Å². The summed E-state index contributed by atoms with van der Waals surface area (Å²) in [5.74, 6) is 0.0476. The standard InChI is InChI=1S/C23H21N3O2S/c1-14-23(29-13-25-14)21-18-5-4-17(26-16-6-9-28-10-7-16)11-19(18)22(27)20(21)15-3-2-8-24-12-15/h2-5,8,11-13,16,26H,6-7,9-10H2,1H3. The third kappa shape index (κ3) is 3.28. The first-order valence-corrected chi connectivity index (χ1v) is 10.7. The van der Waals surface area contributed by atoms with Gasteiger partial charge in [0.2, 0.25) is 0 Å². The minimum atomic E-state index is 0.0476. The molecule has 2 aromatic heterocycles. The smallest absolute Gasteiger partial charge is 0.195 e. The van der Waals surface area contributed by atoms with Crippen molar-refractivity contribution >= 4 is 34.0 Å². The number of benzene rings is 1. The van der Waals surface area contributed by atoms with Gasteiger partial charge in [0.15, 0.2) is 5.78 Å². The molecule has 0 saturated carbocycles. The van der Waals surface area contributed by atoms with Crippen molar-refractivity contribution in [1.82, 2.24) is 9.97 Å². The number of ether oxygens (including phenoxy) is 1. The first-order valence-electron chi connectivity index (χ1n) is 9.81. The summed E-state index contributed by atoms with van der Waals surface area (Å²) in [5.41, 5.74) is 7.99. The zero-order valence-electron chi connectivity index (χ0n) is 16.1. The van der Waals surface area contributed by atoms with Crippen LogP contribution in [0.3, 0.4) is 0 Å². The molecular weight excluding hydrogens is 382 g/mol. The number of Topliss-reactive ketones (excluding diaryl/α,β-unsaturated/α-hetero) is 1. The average molecular weight is 404 g/mol. The van der Waals surface area contributed by atoms with Gasteiger partial charge in [0.25, 0.3) is 0 Å². The predicted molar refractivity (Wildman–Crippen MR) is 115 cm³/mol. The van der Waals surface area contributed by atoms with Crippen LogP contribution in [-0.2, 0) is 4.74 Å². The van der Waals surface area contributed by atoms with Crippen molar-refractivity contribution in [3.8, 4) is 0 Å². The van der Waals surface area contributed by atoms with Crippen LogP contribution in [0.1, 0.15) is 44.9 Å². The number of aryl methyl sites for hydroxylation is 1. The van der Waals surface area contributed by atoms with E-state index in [1.165, 1.54) is 0 Å². The molecule has 146 valence electrons. The van der Waals surface area contributed by atoms with Crippen LogP contribution in [0, 0.1) is 6.92 Å². The zero-order chi connectivity index (χ0) is 19.8. The summed E-state index contributed by atoms with van der Waals surface area (Å²) in [7, 11) is 0. The number of rotatable bonds is 4. The maximum atomic E-state index is 13.5. The van der Waals surface area contributed by atoms with E-state index in [1.807, 2.05) is 30.6 Å². The predicted octanol–water partition coefficient (Wildman–Crippen LogP) is 4.59. The van der Waals surface area contributed by atoms with Crippen LogP contribution in [0.15, 0.2) is 48.2 Å². The number of pyridine rings is 1. The summed E-state index contributed by atoms with van der Waals surface area (Å²) in [6.07, 6.45) is 5.45. The van der Waals surface area contributed by atoms with E-state index in [4.69, 9.17) is 4.74 Å². The Balaban J connectivity index is 1.59. The van der Waals surface area contributed by atoms with Crippen LogP contribution in [0.4, 0.5) is 5.69 Å². The summed E-state index contributed by atoms with van der Waals surface area (Å²) < 4.78 is 5.45. The van der Waals surface area contributed by atoms with Crippen LogP contribution in [-0.4, -0.2) is 35.0 Å². The second-order valence-corrected chi connectivity index (χ2v) is 8.23. The number of carbonyl (C=O) groups excluding carboxylic acids is 1. The summed E-state index contributed by atoms with van der Waals surface area (Å²) >= 11 is 1.57. The monoisotopic (exact) mass is 403 g/mol. The van der Waals surface area contributed by atoms with Crippen molar-refractivity contribution in [2.75, 3.05) is 18.5 Å². The number of thiazole rings is 1. The van der Waals surface area contributed by atoms with E-state index in [2.05, 4.69) is 27.4 Å². The van der Waals surface area contributed by atoms with E-state index in [0.717, 1.165) is 64.6 Å². The van der Waals surface area contributed by atoms with Crippen molar-refractivity contribution < 1.29 is 9.53 Å². The Hall–Kier alpha value is -2.83. The van der Waals surface area contributed by atoms with Gasteiger partial charge in [-0.3, -0.25) is 9.78 Å². The fraction of sp³-hybridized carbons (Fsp3) is 0.261. The molecule has 1 fully saturated rings. The molecule has 1 aliphatic carbocycles. The largest absolute Gasteiger partial charge is 0.382 e. The molecule has 3 heterocycles. The highest BCUT2D eigenvalue weighted by Gasteiger charge is 2.33. The molecule has 0 unspecified atom stereocenters. The molecule has 2 aliphatic rings. The molecule has 3 aromatic rings. The second kappa shape index (κ2) is 7.54. The van der Waals surface area contributed by atoms with E-state index in [-0.39, 0.29) is 5.78 Å². The lowest BCUT2D eigenvalue weighted by Crippen LogP contribution is -2.27. The van der Waals surface area contributed by atoms with Crippen molar-refractivity contribution in [3.05, 3.63) is 75.5 Å². The molecule has 0 radical (unpaired) electrons. The number of hydrogen-bond acceptors (Lipinski definition) is 6. The van der Waals surface area contributed by atoms with Gasteiger partial charge in [0.1, 0.15) is 0 Å². The topological polar surface area (TPSA) is 64.1 Å². The number of nitrogens with one attached hydrogen (secondary N) is 1. The van der Waals surface area contributed by atoms with Gasteiger partial charge in [0, 0.05) is 59.6 Å². The lowest BCUT2D eigenvalue weighted by atomic mass is 9.99. The van der Waals surface area contributed by atoms with E-state index in [1.54, 1.807) is 23.7 Å². The van der Waals surface area contributed by atoms with Gasteiger partial charge in [-0.15, -0.1) is 11.3 Å². The highest BCUT2D eigenvalue weighted by Crippen LogP contribution is 2.44. The lowest BCUT2D eigenvalue weighted by Gasteiger charge is -2.24. The van der Waals surface area contributed by atoms with Gasteiger partial charge >= 0.3 is 0 Å². The molecule has 5 nitrogen and oxygen atoms in total. The van der Waals surface area contributed by atoms with Crippen molar-refractivity contribution in [2.45, 2.75) is 25.8 Å². The third-order valence-corrected chi connectivity index (χ3v) is 6.47. The average Bonchev–Trinajstić information content (AvgIpc) is 3.30. The van der Waals surface area contributed by atoms with Crippen LogP contribution in [0.5, 0.6) is 0 Å². The van der Waals surface area contributed by atoms with Crippen LogP contribution >= 0.6 is 11.3 Å². The summed E-state index contributed by atoms with van der Waals surface area (Å²) in [6, 6.07) is 10.3. The third-order valence-electron chi connectivity index (χ3n) is 5.53. The van der Waals surface area contributed by atoms with Crippen LogP contribution in [0.25, 0.3) is 11.1 Å². The quantitative estimate of drug-likeness (QED) is 0.690. The van der Waals surface area contributed by atoms with Crippen LogP contribution < -0.4 is 5.32 Å². The molecule has 6 heteroatoms. The van der Waals surface area contributed by atoms with Gasteiger partial charge in [-0.2, -0.15) is 0 Å². The van der Waals surface area contributed by atoms with E-state index >= 15 is 0 Å². The molecule has 0 atom stereocenters. The number of anilines is 1. The molecule has 1 aromatic carbocycles. The van der Waals surface area contributed by atoms with Gasteiger partial charge in [-0.25, -0.2) is 4.98 Å². The van der Waals surface area contributed by atoms with Crippen molar-refractivity contribution in [3.63, 3.8) is 0 Å². The highest BCUT2D eigenvalue weighted by molar-refractivity contribution is 7.11. The fourth-order valence-electron chi connectivity index (χ4n) is 4.06. The fourth-order valence-corrected chi connectivity index (χ4v) is 4.93. The van der Waals surface area contributed by atoms with Crippen molar-refractivity contribution in [1.29, 1.82) is 0 Å². The summed E-state index contributed by atoms with van der Waals surface area (Å²) in [6.45, 7) is 3.55. The number of carbonyl (C=O) groups is 1. The number of fused-ring (bicyclic) bond motifs is 1. The normalized spacial score (nSPS) is 16.9. The van der Waals surface area contributed by atoms with E-state index in [9.17, 15) is 4.79 Å². The maximum Gasteiger partial charge on any atom is 0.195 e. The zero-order valence-corrected chi connectivity index (χ0v) is 17.0. The maximum absolute atomic E-state index is 13.5. The van der Waals surface area contributed by atoms with Gasteiger partial charge in [-0.05, 0) is 43.5 Å². The minimum absolute atomic E-state index is 0.0476. The molecule has 1 saturated heterocycles. The molecule has 0 amide bonds. The summed E-state index contributed by atoms with van der Waals surface area (Å²) in [5, 5.41) is 3.57. The number of hydrogen-bond donors (Lipinski definition) is 1. The highest BCUT2D eigenvalue weighted by atomic mass is 32.1. The van der Waals surface area contributed by atoms with E-state index < -0.39 is 0 Å². The van der Waals surface area contributed by atoms with E-state index in [0.29, 0.717) is 11.6 Å². The minimum Gasteiger partial charge on any atom is -0.382 e. The molecule has 1 N–H and O–H groups in total. The van der Waals surface area contributed by atoms with Crippen LogP contribution in [0.2, 0.25) is 0 Å². The molecule has 29 heavy (non-hydrogen) atoms. The number of allylic oxidation sites excluding steroid dienone is 1. The molecule has 1 aliphatic heterocycles. The number of aromatic nitrogens is 2. The number of nitrogens with zero attached hydrogens (tertiary/aromatic N) is 2. The van der Waals surface area contributed by atoms with Gasteiger partial charge in [0.05, 0.1) is 16.1 Å². The number of ketones is 1. The van der Waals surface area contributed by atoms with Crippen molar-refractivity contribution in [2.24, 2.45) is 0 Å².